The molecule has 9 nitrogen and oxygen atoms in total. The van der Waals surface area contributed by atoms with Gasteiger partial charge in [0.25, 0.3) is 0 Å². The number of piperazine rings is 1. The highest BCUT2D eigenvalue weighted by atomic mass is 79.9. The first-order valence-corrected chi connectivity index (χ1v) is 15.6. The summed E-state index contributed by atoms with van der Waals surface area (Å²) >= 11 is 3.67. The van der Waals surface area contributed by atoms with Crippen molar-refractivity contribution in [3.8, 4) is 28.3 Å². The number of nitrogens with two attached hydrogens (primary N) is 1. The molecule has 4 heterocycles. The number of halogens is 1. The molecule has 0 aliphatic carbocycles. The van der Waals surface area contributed by atoms with Crippen LogP contribution in [0.1, 0.15) is 11.1 Å². The van der Waals surface area contributed by atoms with Crippen molar-refractivity contribution < 1.29 is 0 Å². The molecule has 0 amide bonds. The normalized spacial score (nSPS) is 13.8. The van der Waals surface area contributed by atoms with Crippen molar-refractivity contribution in [3.05, 3.63) is 118 Å². The molecular weight excluding hydrogens is 628 g/mol. The molecule has 0 radical (unpaired) electrons. The van der Waals surface area contributed by atoms with Gasteiger partial charge in [0.2, 0.25) is 0 Å². The zero-order valence-corrected chi connectivity index (χ0v) is 26.4. The van der Waals surface area contributed by atoms with Crippen LogP contribution in [0, 0.1) is 11.8 Å². The van der Waals surface area contributed by atoms with Crippen molar-refractivity contribution >= 4 is 44.3 Å². The lowest BCUT2D eigenvalue weighted by molar-refractivity contribution is 0.250. The van der Waals surface area contributed by atoms with Crippen molar-refractivity contribution in [2.45, 2.75) is 13.5 Å². The number of nitroso groups, excluding NO2 is 1. The molecule has 0 bridgehead atoms. The Morgan fingerprint density at radius 1 is 0.889 bits per heavy atom. The molecule has 224 valence electrons. The summed E-state index contributed by atoms with van der Waals surface area (Å²) in [5, 5.41) is 3.20. The lowest BCUT2D eigenvalue weighted by Crippen LogP contribution is -2.46. The Morgan fingerprint density at radius 2 is 1.67 bits per heavy atom. The van der Waals surface area contributed by atoms with E-state index in [0.717, 1.165) is 82.1 Å². The van der Waals surface area contributed by atoms with Crippen LogP contribution in [0.15, 0.2) is 107 Å². The number of nitrogens with zero attached hydrogens (tertiary/aromatic N) is 7. The van der Waals surface area contributed by atoms with Crippen molar-refractivity contribution in [2.24, 2.45) is 5.18 Å². The number of benzene rings is 3. The number of imidazole rings is 1. The van der Waals surface area contributed by atoms with Crippen molar-refractivity contribution in [2.75, 3.05) is 36.8 Å². The van der Waals surface area contributed by atoms with Crippen LogP contribution in [-0.4, -0.2) is 50.6 Å². The van der Waals surface area contributed by atoms with Crippen molar-refractivity contribution in [1.29, 1.82) is 0 Å². The summed E-state index contributed by atoms with van der Waals surface area (Å²) < 4.78 is 3.06. The zero-order chi connectivity index (χ0) is 30.9. The Kier molecular flexibility index (Phi) is 7.83. The second kappa shape index (κ2) is 12.2. The number of hydrogen-bond acceptors (Lipinski definition) is 8. The number of rotatable bonds is 7. The molecule has 2 N–H and O–H groups in total. The fourth-order valence-corrected chi connectivity index (χ4v) is 6.61. The molecule has 7 rings (SSSR count). The summed E-state index contributed by atoms with van der Waals surface area (Å²) in [5.41, 5.74) is 15.1. The van der Waals surface area contributed by atoms with Gasteiger partial charge in [-0.2, -0.15) is 0 Å². The van der Waals surface area contributed by atoms with Crippen LogP contribution < -0.4 is 10.6 Å². The fourth-order valence-electron chi connectivity index (χ4n) is 5.91. The smallest absolute Gasteiger partial charge is 0.165 e. The molecule has 0 unspecified atom stereocenters. The van der Waals surface area contributed by atoms with Gasteiger partial charge in [-0.3, -0.25) is 9.47 Å². The predicted molar refractivity (Wildman–Crippen MR) is 184 cm³/mol. The number of nitrogen functional groups attached to an aromatic ring is 1. The highest BCUT2D eigenvalue weighted by Crippen LogP contribution is 2.35. The van der Waals surface area contributed by atoms with E-state index in [2.05, 4.69) is 76.9 Å². The zero-order valence-electron chi connectivity index (χ0n) is 24.8. The van der Waals surface area contributed by atoms with Gasteiger partial charge in [-0.1, -0.05) is 42.5 Å². The van der Waals surface area contributed by atoms with Gasteiger partial charge in [-0.15, -0.1) is 4.91 Å². The van der Waals surface area contributed by atoms with E-state index in [-0.39, 0.29) is 0 Å². The van der Waals surface area contributed by atoms with Crippen LogP contribution in [0.2, 0.25) is 0 Å². The third-order valence-corrected chi connectivity index (χ3v) is 8.97. The van der Waals surface area contributed by atoms with E-state index in [1.807, 2.05) is 61.5 Å². The molecule has 1 fully saturated rings. The second-order valence-corrected chi connectivity index (χ2v) is 12.1. The van der Waals surface area contributed by atoms with E-state index < -0.39 is 0 Å². The molecule has 0 spiro atoms. The molecule has 10 heteroatoms. The molecular formula is C35H31BrN8O. The molecule has 3 aromatic heterocycles. The number of pyridine rings is 2. The van der Waals surface area contributed by atoms with Gasteiger partial charge >= 0.3 is 0 Å². The molecule has 6 aromatic rings. The first kappa shape index (κ1) is 28.8. The minimum Gasteiger partial charge on any atom is -0.383 e. The monoisotopic (exact) mass is 658 g/mol. The van der Waals surface area contributed by atoms with Gasteiger partial charge in [0.15, 0.2) is 11.5 Å². The minimum atomic E-state index is 0.421. The third kappa shape index (κ3) is 5.70. The van der Waals surface area contributed by atoms with Crippen LogP contribution >= 0.6 is 15.9 Å². The SMILES string of the molecule is Cc1cc(Br)c(N2CCN(Cc3ccc(-n4c(-c5cccnc5N)nc5ccc(-c6ccccc6)nc54)cc3)CC2)cc1N=O. The number of hydrogen-bond donors (Lipinski definition) is 1. The number of aryl methyl sites for hydroxylation is 1. The summed E-state index contributed by atoms with van der Waals surface area (Å²) in [6.45, 7) is 6.29. The van der Waals surface area contributed by atoms with E-state index >= 15 is 0 Å². The van der Waals surface area contributed by atoms with Crippen molar-refractivity contribution in [1.82, 2.24) is 24.4 Å². The van der Waals surface area contributed by atoms with E-state index in [1.165, 1.54) is 5.56 Å². The number of aromatic nitrogens is 4. The lowest BCUT2D eigenvalue weighted by Gasteiger charge is -2.36. The van der Waals surface area contributed by atoms with Gasteiger partial charge < -0.3 is 10.6 Å². The predicted octanol–water partition coefficient (Wildman–Crippen LogP) is 7.52. The molecule has 45 heavy (non-hydrogen) atoms. The average molecular weight is 660 g/mol. The molecule has 0 saturated carbocycles. The maximum Gasteiger partial charge on any atom is 0.165 e. The van der Waals surface area contributed by atoms with Crippen LogP contribution in [0.5, 0.6) is 0 Å². The first-order chi connectivity index (χ1) is 22.0. The van der Waals surface area contributed by atoms with Crippen LogP contribution in [-0.2, 0) is 6.54 Å². The van der Waals surface area contributed by atoms with E-state index in [9.17, 15) is 4.91 Å². The summed E-state index contributed by atoms with van der Waals surface area (Å²) in [6, 6.07) is 30.4. The summed E-state index contributed by atoms with van der Waals surface area (Å²) in [6.07, 6.45) is 1.69. The Bertz CT molecular complexity index is 2000. The topological polar surface area (TPSA) is 106 Å². The first-order valence-electron chi connectivity index (χ1n) is 14.8. The second-order valence-electron chi connectivity index (χ2n) is 11.2. The number of anilines is 2. The summed E-state index contributed by atoms with van der Waals surface area (Å²) in [7, 11) is 0. The minimum absolute atomic E-state index is 0.421. The van der Waals surface area contributed by atoms with Gasteiger partial charge in [-0.25, -0.2) is 15.0 Å². The average Bonchev–Trinajstić information content (AvgIpc) is 3.45. The molecule has 3 aromatic carbocycles. The van der Waals surface area contributed by atoms with Crippen LogP contribution in [0.25, 0.3) is 39.5 Å². The van der Waals surface area contributed by atoms with Crippen LogP contribution in [0.3, 0.4) is 0 Å². The quantitative estimate of drug-likeness (QED) is 0.177. The Balaban J connectivity index is 1.15. The highest BCUT2D eigenvalue weighted by molar-refractivity contribution is 9.10. The third-order valence-electron chi connectivity index (χ3n) is 8.33. The Labute approximate surface area is 269 Å². The van der Waals surface area contributed by atoms with E-state index in [0.29, 0.717) is 17.3 Å². The van der Waals surface area contributed by atoms with Gasteiger partial charge in [0, 0.05) is 54.6 Å². The molecule has 0 atom stereocenters. The Morgan fingerprint density at radius 3 is 2.40 bits per heavy atom. The largest absolute Gasteiger partial charge is 0.383 e. The van der Waals surface area contributed by atoms with Gasteiger partial charge in [-0.05, 0) is 87.7 Å². The Hall–Kier alpha value is -4.93. The van der Waals surface area contributed by atoms with Crippen LogP contribution in [0.4, 0.5) is 17.2 Å². The highest BCUT2D eigenvalue weighted by Gasteiger charge is 2.22. The van der Waals surface area contributed by atoms with Gasteiger partial charge in [0.05, 0.1) is 16.9 Å². The molecule has 1 aliphatic heterocycles. The van der Waals surface area contributed by atoms with Crippen molar-refractivity contribution in [3.63, 3.8) is 0 Å². The van der Waals surface area contributed by atoms with E-state index in [4.69, 9.17) is 15.7 Å². The maximum atomic E-state index is 11.3. The fraction of sp³-hybridized carbons (Fsp3) is 0.171. The van der Waals surface area contributed by atoms with E-state index in [1.54, 1.807) is 6.20 Å². The lowest BCUT2D eigenvalue weighted by atomic mass is 10.1. The standard InChI is InChI=1S/C35H31BrN8O/c1-23-20-28(36)32(21-31(23)41-45)43-18-16-42(17-19-43)22-24-9-11-26(12-10-24)44-34(27-8-5-15-38-33(27)37)40-30-14-13-29(39-35(30)44)25-6-3-2-4-7-25/h2-15,20-21H,16-19,22H2,1H3,(H2,37,38). The summed E-state index contributed by atoms with van der Waals surface area (Å²) in [5.74, 6) is 1.12. The summed E-state index contributed by atoms with van der Waals surface area (Å²) in [4.78, 5) is 30.4. The maximum absolute atomic E-state index is 11.3. The molecule has 1 saturated heterocycles. The van der Waals surface area contributed by atoms with Gasteiger partial charge in [0.1, 0.15) is 17.0 Å². The molecule has 1 aliphatic rings. The number of fused-ring (bicyclic) bond motifs is 1.